The fourth-order valence-electron chi connectivity index (χ4n) is 1.89. The summed E-state index contributed by atoms with van der Waals surface area (Å²) in [4.78, 5) is 16.0. The van der Waals surface area contributed by atoms with Crippen molar-refractivity contribution in [3.8, 4) is 0 Å². The van der Waals surface area contributed by atoms with E-state index in [0.717, 1.165) is 13.0 Å². The Hall–Kier alpha value is -1.39. The second-order valence-electron chi connectivity index (χ2n) is 5.01. The molecule has 3 N–H and O–H groups in total. The van der Waals surface area contributed by atoms with Gasteiger partial charge in [0.25, 0.3) is 5.91 Å². The molecule has 1 aromatic carbocycles. The highest BCUT2D eigenvalue weighted by Gasteiger charge is 2.03. The Balaban J connectivity index is 0.00000576. The highest BCUT2D eigenvalue weighted by molar-refractivity contribution is 14.0. The first kappa shape index (κ1) is 23.6. The van der Waals surface area contributed by atoms with E-state index in [1.54, 1.807) is 26.3 Å². The van der Waals surface area contributed by atoms with Gasteiger partial charge in [-0.3, -0.25) is 9.79 Å². The summed E-state index contributed by atoms with van der Waals surface area (Å²) in [5.74, 6) is 0.634. The minimum Gasteiger partial charge on any atom is -0.382 e. The number of guanidine groups is 1. The Kier molecular flexibility index (Phi) is 15.2. The number of halogens is 1. The number of hydrogen-bond acceptors (Lipinski definition) is 4. The van der Waals surface area contributed by atoms with Crippen molar-refractivity contribution in [3.05, 3.63) is 35.9 Å². The molecule has 7 nitrogen and oxygen atoms in total. The summed E-state index contributed by atoms with van der Waals surface area (Å²) in [6, 6.07) is 9.16. The fraction of sp³-hybridized carbons (Fsp3) is 0.529. The maximum Gasteiger partial charge on any atom is 0.251 e. The van der Waals surface area contributed by atoms with Crippen LogP contribution in [0.4, 0.5) is 0 Å². The van der Waals surface area contributed by atoms with E-state index in [-0.39, 0.29) is 29.9 Å². The lowest BCUT2D eigenvalue weighted by atomic mass is 10.2. The van der Waals surface area contributed by atoms with Gasteiger partial charge in [0, 0.05) is 46.0 Å². The highest BCUT2D eigenvalue weighted by Crippen LogP contribution is 1.96. The monoisotopic (exact) mass is 464 g/mol. The first-order chi connectivity index (χ1) is 11.8. The molecule has 0 spiro atoms. The zero-order valence-electron chi connectivity index (χ0n) is 14.9. The molecule has 142 valence electrons. The van der Waals surface area contributed by atoms with Crippen LogP contribution >= 0.6 is 24.0 Å². The van der Waals surface area contributed by atoms with Gasteiger partial charge in [0.05, 0.1) is 13.2 Å². The number of benzene rings is 1. The SMILES string of the molecule is CN=C(NCCCOCCOC)NCCNC(=O)c1ccccc1.I. The summed E-state index contributed by atoms with van der Waals surface area (Å²) in [5.41, 5.74) is 0.661. The van der Waals surface area contributed by atoms with Crippen molar-refractivity contribution in [3.63, 3.8) is 0 Å². The zero-order chi connectivity index (χ0) is 17.5. The molecule has 0 fully saturated rings. The summed E-state index contributed by atoms with van der Waals surface area (Å²) in [6.45, 7) is 3.80. The van der Waals surface area contributed by atoms with Gasteiger partial charge in [0.15, 0.2) is 5.96 Å². The van der Waals surface area contributed by atoms with Gasteiger partial charge in [0.1, 0.15) is 0 Å². The van der Waals surface area contributed by atoms with E-state index < -0.39 is 0 Å². The van der Waals surface area contributed by atoms with Gasteiger partial charge in [-0.1, -0.05) is 18.2 Å². The van der Waals surface area contributed by atoms with E-state index in [1.807, 2.05) is 18.2 Å². The molecule has 0 aliphatic heterocycles. The average molecular weight is 464 g/mol. The summed E-state index contributed by atoms with van der Waals surface area (Å²) in [6.07, 6.45) is 0.884. The number of methoxy groups -OCH3 is 1. The molecule has 0 aromatic heterocycles. The molecule has 0 radical (unpaired) electrons. The second-order valence-corrected chi connectivity index (χ2v) is 5.01. The van der Waals surface area contributed by atoms with Gasteiger partial charge >= 0.3 is 0 Å². The molecule has 0 heterocycles. The number of rotatable bonds is 11. The van der Waals surface area contributed by atoms with Crippen molar-refractivity contribution in [2.24, 2.45) is 4.99 Å². The molecule has 1 amide bonds. The summed E-state index contributed by atoms with van der Waals surface area (Å²) in [7, 11) is 3.37. The molecule has 0 bridgehead atoms. The minimum absolute atomic E-state index is 0. The number of amides is 1. The Labute approximate surface area is 167 Å². The Morgan fingerprint density at radius 3 is 2.36 bits per heavy atom. The van der Waals surface area contributed by atoms with Crippen LogP contribution in [0.15, 0.2) is 35.3 Å². The van der Waals surface area contributed by atoms with Gasteiger partial charge in [-0.25, -0.2) is 0 Å². The Morgan fingerprint density at radius 1 is 1.00 bits per heavy atom. The summed E-state index contributed by atoms with van der Waals surface area (Å²) < 4.78 is 10.3. The number of nitrogens with one attached hydrogen (secondary N) is 3. The van der Waals surface area contributed by atoms with Crippen LogP contribution in [0.25, 0.3) is 0 Å². The van der Waals surface area contributed by atoms with E-state index in [1.165, 1.54) is 0 Å². The van der Waals surface area contributed by atoms with Crippen molar-refractivity contribution in [2.45, 2.75) is 6.42 Å². The topological polar surface area (TPSA) is 84.0 Å². The Morgan fingerprint density at radius 2 is 1.68 bits per heavy atom. The number of carbonyl (C=O) groups is 1. The molecule has 0 aliphatic rings. The van der Waals surface area contributed by atoms with Gasteiger partial charge < -0.3 is 25.4 Å². The van der Waals surface area contributed by atoms with E-state index in [2.05, 4.69) is 20.9 Å². The maximum atomic E-state index is 11.9. The molecule has 1 rings (SSSR count). The predicted octanol–water partition coefficient (Wildman–Crippen LogP) is 1.25. The minimum atomic E-state index is -0.0754. The number of aliphatic imine (C=N–C) groups is 1. The van der Waals surface area contributed by atoms with Gasteiger partial charge in [-0.2, -0.15) is 0 Å². The Bertz CT molecular complexity index is 486. The van der Waals surface area contributed by atoms with Gasteiger partial charge in [-0.05, 0) is 18.6 Å². The van der Waals surface area contributed by atoms with Crippen molar-refractivity contribution in [1.82, 2.24) is 16.0 Å². The first-order valence-electron chi connectivity index (χ1n) is 8.12. The third-order valence-corrected chi connectivity index (χ3v) is 3.15. The maximum absolute atomic E-state index is 11.9. The number of nitrogens with zero attached hydrogens (tertiary/aromatic N) is 1. The number of ether oxygens (including phenoxy) is 2. The average Bonchev–Trinajstić information content (AvgIpc) is 2.63. The molecule has 0 unspecified atom stereocenters. The first-order valence-corrected chi connectivity index (χ1v) is 8.12. The highest BCUT2D eigenvalue weighted by atomic mass is 127. The predicted molar refractivity (Wildman–Crippen MR) is 111 cm³/mol. The van der Waals surface area contributed by atoms with Gasteiger partial charge in [-0.15, -0.1) is 24.0 Å². The number of hydrogen-bond donors (Lipinski definition) is 3. The van der Waals surface area contributed by atoms with Crippen molar-refractivity contribution in [2.75, 3.05) is 53.6 Å². The van der Waals surface area contributed by atoms with Crippen LogP contribution in [0.2, 0.25) is 0 Å². The summed E-state index contributed by atoms with van der Waals surface area (Å²) >= 11 is 0. The van der Waals surface area contributed by atoms with Crippen LogP contribution in [0.1, 0.15) is 16.8 Å². The van der Waals surface area contributed by atoms with E-state index >= 15 is 0 Å². The molecule has 8 heteroatoms. The van der Waals surface area contributed by atoms with E-state index in [0.29, 0.717) is 44.4 Å². The van der Waals surface area contributed by atoms with E-state index in [9.17, 15) is 4.79 Å². The largest absolute Gasteiger partial charge is 0.382 e. The quantitative estimate of drug-likeness (QED) is 0.199. The summed E-state index contributed by atoms with van der Waals surface area (Å²) in [5, 5.41) is 9.20. The van der Waals surface area contributed by atoms with Crippen LogP contribution in [0, 0.1) is 0 Å². The van der Waals surface area contributed by atoms with Crippen LogP contribution in [-0.2, 0) is 9.47 Å². The molecular formula is C17H29IN4O3. The lowest BCUT2D eigenvalue weighted by Gasteiger charge is -2.12. The fourth-order valence-corrected chi connectivity index (χ4v) is 1.89. The molecule has 1 aromatic rings. The molecule has 0 atom stereocenters. The molecule has 0 aliphatic carbocycles. The lowest BCUT2D eigenvalue weighted by molar-refractivity contribution is 0.0698. The number of carbonyl (C=O) groups excluding carboxylic acids is 1. The molecular weight excluding hydrogens is 435 g/mol. The molecule has 25 heavy (non-hydrogen) atoms. The van der Waals surface area contributed by atoms with E-state index in [4.69, 9.17) is 9.47 Å². The van der Waals surface area contributed by atoms with Gasteiger partial charge in [0.2, 0.25) is 0 Å². The lowest BCUT2D eigenvalue weighted by Crippen LogP contribution is -2.42. The molecule has 0 saturated heterocycles. The van der Waals surface area contributed by atoms with Crippen molar-refractivity contribution < 1.29 is 14.3 Å². The van der Waals surface area contributed by atoms with Crippen molar-refractivity contribution >= 4 is 35.8 Å². The normalized spacial score (nSPS) is 10.7. The third kappa shape index (κ3) is 11.7. The standard InChI is InChI=1S/C17H28N4O3.HI/c1-18-17(20-9-6-12-24-14-13-23-2)21-11-10-19-16(22)15-7-4-3-5-8-15;/h3-5,7-8H,6,9-14H2,1-2H3,(H,19,22)(H2,18,20,21);1H. The molecule has 0 saturated carbocycles. The van der Waals surface area contributed by atoms with Crippen LogP contribution < -0.4 is 16.0 Å². The van der Waals surface area contributed by atoms with Crippen molar-refractivity contribution in [1.29, 1.82) is 0 Å². The van der Waals surface area contributed by atoms with Crippen LogP contribution in [0.5, 0.6) is 0 Å². The van der Waals surface area contributed by atoms with Crippen LogP contribution in [-0.4, -0.2) is 65.5 Å². The smallest absolute Gasteiger partial charge is 0.251 e. The zero-order valence-corrected chi connectivity index (χ0v) is 17.2. The van der Waals surface area contributed by atoms with Crippen LogP contribution in [0.3, 0.4) is 0 Å². The third-order valence-electron chi connectivity index (χ3n) is 3.15. The second kappa shape index (κ2) is 16.1.